The highest BCUT2D eigenvalue weighted by Gasteiger charge is 2.14. The van der Waals surface area contributed by atoms with Crippen molar-refractivity contribution < 1.29 is 14.6 Å². The number of aliphatic hydroxyl groups is 1. The second-order valence-electron chi connectivity index (χ2n) is 5.49. The molecule has 1 unspecified atom stereocenters. The summed E-state index contributed by atoms with van der Waals surface area (Å²) in [5.74, 6) is 1.48. The molecule has 20 heavy (non-hydrogen) atoms. The molecule has 0 spiro atoms. The standard InChI is InChI=1S/C16H25NO3/c1-13-2-4-16(5-3-13)20-12-15(18)11-17-10-14-6-8-19-9-7-14/h2-5,14-15,17-18H,6-12H2,1H3. The average Bonchev–Trinajstić information content (AvgIpc) is 2.48. The van der Waals surface area contributed by atoms with Gasteiger partial charge in [-0.2, -0.15) is 0 Å². The van der Waals surface area contributed by atoms with Gasteiger partial charge in [-0.3, -0.25) is 0 Å². The molecule has 0 radical (unpaired) electrons. The van der Waals surface area contributed by atoms with Crippen molar-refractivity contribution in [1.29, 1.82) is 0 Å². The van der Waals surface area contributed by atoms with Crippen LogP contribution in [0.3, 0.4) is 0 Å². The fourth-order valence-corrected chi connectivity index (χ4v) is 2.29. The van der Waals surface area contributed by atoms with Gasteiger partial charge in [0.25, 0.3) is 0 Å². The molecule has 2 N–H and O–H groups in total. The van der Waals surface area contributed by atoms with Crippen LogP contribution in [0.25, 0.3) is 0 Å². The number of rotatable bonds is 7. The van der Waals surface area contributed by atoms with Crippen molar-refractivity contribution in [2.75, 3.05) is 32.9 Å². The van der Waals surface area contributed by atoms with Crippen LogP contribution in [0.2, 0.25) is 0 Å². The summed E-state index contributed by atoms with van der Waals surface area (Å²) in [6.45, 7) is 5.62. The summed E-state index contributed by atoms with van der Waals surface area (Å²) >= 11 is 0. The van der Waals surface area contributed by atoms with E-state index < -0.39 is 6.10 Å². The van der Waals surface area contributed by atoms with Gasteiger partial charge in [-0.25, -0.2) is 0 Å². The van der Waals surface area contributed by atoms with Gasteiger partial charge < -0.3 is 19.9 Å². The van der Waals surface area contributed by atoms with Crippen molar-refractivity contribution in [2.45, 2.75) is 25.9 Å². The van der Waals surface area contributed by atoms with E-state index in [1.54, 1.807) is 0 Å². The minimum absolute atomic E-state index is 0.323. The van der Waals surface area contributed by atoms with Crippen LogP contribution in [0.5, 0.6) is 5.75 Å². The van der Waals surface area contributed by atoms with Crippen LogP contribution in [-0.4, -0.2) is 44.1 Å². The number of nitrogens with one attached hydrogen (secondary N) is 1. The molecule has 4 nitrogen and oxygen atoms in total. The third-order valence-corrected chi connectivity index (χ3v) is 3.62. The minimum Gasteiger partial charge on any atom is -0.491 e. The van der Waals surface area contributed by atoms with E-state index in [4.69, 9.17) is 9.47 Å². The first-order chi connectivity index (χ1) is 9.74. The Hall–Kier alpha value is -1.10. The van der Waals surface area contributed by atoms with E-state index in [0.717, 1.165) is 38.3 Å². The Morgan fingerprint density at radius 1 is 1.30 bits per heavy atom. The summed E-state index contributed by atoms with van der Waals surface area (Å²) in [7, 11) is 0. The maximum absolute atomic E-state index is 9.88. The second kappa shape index (κ2) is 8.25. The Morgan fingerprint density at radius 2 is 2.00 bits per heavy atom. The van der Waals surface area contributed by atoms with E-state index in [1.807, 2.05) is 31.2 Å². The molecule has 1 saturated heterocycles. The van der Waals surface area contributed by atoms with Crippen LogP contribution in [0, 0.1) is 12.8 Å². The molecule has 1 atom stereocenters. The van der Waals surface area contributed by atoms with Gasteiger partial charge in [0.1, 0.15) is 18.5 Å². The molecule has 1 aromatic carbocycles. The smallest absolute Gasteiger partial charge is 0.119 e. The molecule has 1 aliphatic rings. The zero-order chi connectivity index (χ0) is 14.2. The maximum Gasteiger partial charge on any atom is 0.119 e. The Balaban J connectivity index is 1.57. The monoisotopic (exact) mass is 279 g/mol. The summed E-state index contributed by atoms with van der Waals surface area (Å²) in [6.07, 6.45) is 1.75. The van der Waals surface area contributed by atoms with E-state index in [1.165, 1.54) is 5.56 Å². The lowest BCUT2D eigenvalue weighted by atomic mass is 10.0. The Bertz CT molecular complexity index is 374. The topological polar surface area (TPSA) is 50.7 Å². The van der Waals surface area contributed by atoms with Gasteiger partial charge >= 0.3 is 0 Å². The fraction of sp³-hybridized carbons (Fsp3) is 0.625. The van der Waals surface area contributed by atoms with Gasteiger partial charge in [0, 0.05) is 19.8 Å². The minimum atomic E-state index is -0.476. The predicted molar refractivity (Wildman–Crippen MR) is 79.1 cm³/mol. The van der Waals surface area contributed by atoms with Crippen LogP contribution in [0.4, 0.5) is 0 Å². The van der Waals surface area contributed by atoms with Crippen molar-refractivity contribution in [3.05, 3.63) is 29.8 Å². The van der Waals surface area contributed by atoms with Crippen LogP contribution >= 0.6 is 0 Å². The van der Waals surface area contributed by atoms with Gasteiger partial charge in [0.15, 0.2) is 0 Å². The molecule has 4 heteroatoms. The van der Waals surface area contributed by atoms with Gasteiger partial charge in [-0.15, -0.1) is 0 Å². The van der Waals surface area contributed by atoms with Crippen LogP contribution in [-0.2, 0) is 4.74 Å². The molecule has 0 saturated carbocycles. The van der Waals surface area contributed by atoms with Crippen molar-refractivity contribution in [1.82, 2.24) is 5.32 Å². The number of ether oxygens (including phenoxy) is 2. The first-order valence-corrected chi connectivity index (χ1v) is 7.40. The van der Waals surface area contributed by atoms with Gasteiger partial charge in [0.05, 0.1) is 0 Å². The molecule has 112 valence electrons. The third-order valence-electron chi connectivity index (χ3n) is 3.62. The molecular formula is C16H25NO3. The van der Waals surface area contributed by atoms with E-state index in [0.29, 0.717) is 19.1 Å². The first-order valence-electron chi connectivity index (χ1n) is 7.40. The molecule has 1 aromatic rings. The lowest BCUT2D eigenvalue weighted by Gasteiger charge is -2.23. The summed E-state index contributed by atoms with van der Waals surface area (Å²) in [6, 6.07) is 7.87. The molecule has 0 aliphatic carbocycles. The van der Waals surface area contributed by atoms with Gasteiger partial charge in [0.2, 0.25) is 0 Å². The molecule has 1 fully saturated rings. The zero-order valence-corrected chi connectivity index (χ0v) is 12.2. The highest BCUT2D eigenvalue weighted by Crippen LogP contribution is 2.13. The number of benzene rings is 1. The SMILES string of the molecule is Cc1ccc(OCC(O)CNCC2CCOCC2)cc1. The normalized spacial score (nSPS) is 17.9. The largest absolute Gasteiger partial charge is 0.491 e. The predicted octanol–water partition coefficient (Wildman–Crippen LogP) is 1.75. The Kier molecular flexibility index (Phi) is 6.30. The highest BCUT2D eigenvalue weighted by molar-refractivity contribution is 5.26. The summed E-state index contributed by atoms with van der Waals surface area (Å²) in [5.41, 5.74) is 1.20. The van der Waals surface area contributed by atoms with E-state index in [2.05, 4.69) is 5.32 Å². The van der Waals surface area contributed by atoms with Crippen LogP contribution < -0.4 is 10.1 Å². The number of hydrogen-bond donors (Lipinski definition) is 2. The van der Waals surface area contributed by atoms with Crippen molar-refractivity contribution >= 4 is 0 Å². The average molecular weight is 279 g/mol. The maximum atomic E-state index is 9.88. The molecule has 0 amide bonds. The molecule has 0 bridgehead atoms. The summed E-state index contributed by atoms with van der Waals surface area (Å²) in [4.78, 5) is 0. The number of aliphatic hydroxyl groups excluding tert-OH is 1. The van der Waals surface area contributed by atoms with Crippen LogP contribution in [0.15, 0.2) is 24.3 Å². The third kappa shape index (κ3) is 5.49. The molecule has 1 heterocycles. The van der Waals surface area contributed by atoms with Gasteiger partial charge in [-0.1, -0.05) is 17.7 Å². The quantitative estimate of drug-likeness (QED) is 0.798. The molecule has 1 aliphatic heterocycles. The highest BCUT2D eigenvalue weighted by atomic mass is 16.5. The number of aryl methyl sites for hydroxylation is 1. The van der Waals surface area contributed by atoms with Gasteiger partial charge in [-0.05, 0) is 44.4 Å². The molecular weight excluding hydrogens is 254 g/mol. The summed E-state index contributed by atoms with van der Waals surface area (Å²) in [5, 5.41) is 13.2. The van der Waals surface area contributed by atoms with Crippen molar-refractivity contribution in [3.8, 4) is 5.75 Å². The van der Waals surface area contributed by atoms with Crippen molar-refractivity contribution in [3.63, 3.8) is 0 Å². The van der Waals surface area contributed by atoms with E-state index in [9.17, 15) is 5.11 Å². The van der Waals surface area contributed by atoms with E-state index >= 15 is 0 Å². The fourth-order valence-electron chi connectivity index (χ4n) is 2.29. The second-order valence-corrected chi connectivity index (χ2v) is 5.49. The lowest BCUT2D eigenvalue weighted by molar-refractivity contribution is 0.0630. The molecule has 2 rings (SSSR count). The first kappa shape index (κ1) is 15.3. The molecule has 0 aromatic heterocycles. The van der Waals surface area contributed by atoms with Crippen LogP contribution in [0.1, 0.15) is 18.4 Å². The summed E-state index contributed by atoms with van der Waals surface area (Å²) < 4.78 is 10.9. The Morgan fingerprint density at radius 3 is 2.70 bits per heavy atom. The lowest BCUT2D eigenvalue weighted by Crippen LogP contribution is -2.35. The Labute approximate surface area is 121 Å². The van der Waals surface area contributed by atoms with Crippen molar-refractivity contribution in [2.24, 2.45) is 5.92 Å². The van der Waals surface area contributed by atoms with E-state index in [-0.39, 0.29) is 0 Å². The number of hydrogen-bond acceptors (Lipinski definition) is 4. The zero-order valence-electron chi connectivity index (χ0n) is 12.2.